The molecule has 11 heavy (non-hydrogen) atoms. The largest absolute Gasteiger partial charge is 0.460 e. The summed E-state index contributed by atoms with van der Waals surface area (Å²) in [6.07, 6.45) is -0.236. The molecule has 1 heterocycles. The summed E-state index contributed by atoms with van der Waals surface area (Å²) in [5, 5.41) is 9.21. The van der Waals surface area contributed by atoms with Crippen LogP contribution < -0.4 is 0 Å². The Morgan fingerprint density at radius 2 is 2.36 bits per heavy atom. The van der Waals surface area contributed by atoms with Crippen LogP contribution in [0, 0.1) is 0 Å². The highest BCUT2D eigenvalue weighted by Crippen LogP contribution is 2.40. The quantitative estimate of drug-likeness (QED) is 0.411. The Hall–Kier alpha value is -0.610. The molecule has 2 aliphatic rings. The van der Waals surface area contributed by atoms with E-state index in [1.165, 1.54) is 6.92 Å². The second-order valence-corrected chi connectivity index (χ2v) is 3.02. The Bertz CT molecular complexity index is 191. The minimum absolute atomic E-state index is 0.0334. The van der Waals surface area contributed by atoms with Crippen molar-refractivity contribution in [2.75, 3.05) is 0 Å². The van der Waals surface area contributed by atoms with Crippen LogP contribution in [0.25, 0.3) is 0 Å². The molecule has 1 N–H and O–H groups in total. The lowest BCUT2D eigenvalue weighted by molar-refractivity contribution is -0.148. The minimum atomic E-state index is -0.440. The number of fused-ring (bicyclic) bond motifs is 1. The Morgan fingerprint density at radius 3 is 2.73 bits per heavy atom. The maximum Gasteiger partial charge on any atom is 0.302 e. The molecule has 0 aromatic heterocycles. The van der Waals surface area contributed by atoms with E-state index in [2.05, 4.69) is 0 Å². The number of carbonyl (C=O) groups excluding carboxylic acids is 1. The van der Waals surface area contributed by atoms with Crippen LogP contribution in [0.3, 0.4) is 0 Å². The molecule has 0 aromatic rings. The molecule has 0 radical (unpaired) electrons. The van der Waals surface area contributed by atoms with Crippen LogP contribution in [0.15, 0.2) is 0 Å². The molecule has 2 rings (SSSR count). The van der Waals surface area contributed by atoms with E-state index in [-0.39, 0.29) is 24.3 Å². The zero-order valence-corrected chi connectivity index (χ0v) is 6.19. The Balaban J connectivity index is 1.92. The summed E-state index contributed by atoms with van der Waals surface area (Å²) in [5.74, 6) is -0.307. The van der Waals surface area contributed by atoms with E-state index in [9.17, 15) is 9.90 Å². The lowest BCUT2D eigenvalue weighted by atomic mass is 10.3. The van der Waals surface area contributed by atoms with Crippen LogP contribution in [-0.2, 0) is 14.3 Å². The molecule has 2 fully saturated rings. The number of epoxide rings is 1. The second-order valence-electron chi connectivity index (χ2n) is 3.02. The smallest absolute Gasteiger partial charge is 0.302 e. The molecular formula is C7H10O4. The van der Waals surface area contributed by atoms with Gasteiger partial charge in [-0.25, -0.2) is 0 Å². The van der Waals surface area contributed by atoms with Crippen molar-refractivity contribution in [3.63, 3.8) is 0 Å². The van der Waals surface area contributed by atoms with Gasteiger partial charge in [-0.05, 0) is 0 Å². The van der Waals surface area contributed by atoms with Gasteiger partial charge in [-0.3, -0.25) is 4.79 Å². The Kier molecular flexibility index (Phi) is 1.40. The fourth-order valence-corrected chi connectivity index (χ4v) is 1.58. The Labute approximate surface area is 64.1 Å². The summed E-state index contributed by atoms with van der Waals surface area (Å²) in [6, 6.07) is 0. The number of aliphatic hydroxyl groups is 1. The van der Waals surface area contributed by atoms with Crippen molar-refractivity contribution in [3.8, 4) is 0 Å². The third-order valence-electron chi connectivity index (χ3n) is 2.10. The van der Waals surface area contributed by atoms with Crippen molar-refractivity contribution in [1.29, 1.82) is 0 Å². The maximum atomic E-state index is 10.5. The van der Waals surface area contributed by atoms with E-state index >= 15 is 0 Å². The number of aliphatic hydroxyl groups excluding tert-OH is 1. The van der Waals surface area contributed by atoms with E-state index in [1.54, 1.807) is 0 Å². The number of hydrogen-bond acceptors (Lipinski definition) is 4. The number of ether oxygens (including phenoxy) is 2. The lowest BCUT2D eigenvalue weighted by Crippen LogP contribution is -2.21. The fourth-order valence-electron chi connectivity index (χ4n) is 1.58. The third-order valence-corrected chi connectivity index (χ3v) is 2.10. The highest BCUT2D eigenvalue weighted by atomic mass is 16.6. The van der Waals surface area contributed by atoms with Crippen molar-refractivity contribution in [2.45, 2.75) is 37.8 Å². The van der Waals surface area contributed by atoms with E-state index in [0.717, 1.165) is 0 Å². The molecule has 4 nitrogen and oxygen atoms in total. The van der Waals surface area contributed by atoms with Gasteiger partial charge >= 0.3 is 5.97 Å². The number of esters is 1. The first-order valence-corrected chi connectivity index (χ1v) is 3.69. The molecule has 1 saturated carbocycles. The van der Waals surface area contributed by atoms with Gasteiger partial charge in [-0.2, -0.15) is 0 Å². The summed E-state index contributed by atoms with van der Waals surface area (Å²) >= 11 is 0. The van der Waals surface area contributed by atoms with Gasteiger partial charge in [-0.1, -0.05) is 0 Å². The van der Waals surface area contributed by atoms with Gasteiger partial charge in [0.2, 0.25) is 0 Å². The molecule has 62 valence electrons. The number of hydrogen-bond donors (Lipinski definition) is 1. The molecule has 1 aliphatic carbocycles. The molecular weight excluding hydrogens is 148 g/mol. The summed E-state index contributed by atoms with van der Waals surface area (Å²) in [5.41, 5.74) is 0. The summed E-state index contributed by atoms with van der Waals surface area (Å²) in [6.45, 7) is 1.36. The highest BCUT2D eigenvalue weighted by molar-refractivity contribution is 5.66. The predicted octanol–water partition coefficient (Wildman–Crippen LogP) is -0.550. The van der Waals surface area contributed by atoms with Crippen molar-refractivity contribution in [3.05, 3.63) is 0 Å². The van der Waals surface area contributed by atoms with Gasteiger partial charge in [0, 0.05) is 13.3 Å². The van der Waals surface area contributed by atoms with Gasteiger partial charge in [0.25, 0.3) is 0 Å². The maximum absolute atomic E-state index is 10.5. The lowest BCUT2D eigenvalue weighted by Gasteiger charge is -2.11. The van der Waals surface area contributed by atoms with Crippen LogP contribution in [0.1, 0.15) is 13.3 Å². The monoisotopic (exact) mass is 158 g/mol. The minimum Gasteiger partial charge on any atom is -0.460 e. The summed E-state index contributed by atoms with van der Waals surface area (Å²) in [7, 11) is 0. The van der Waals surface area contributed by atoms with Gasteiger partial charge in [-0.15, -0.1) is 0 Å². The fraction of sp³-hybridized carbons (Fsp3) is 0.857. The van der Waals surface area contributed by atoms with Crippen molar-refractivity contribution in [2.24, 2.45) is 0 Å². The van der Waals surface area contributed by atoms with E-state index in [1.807, 2.05) is 0 Å². The number of rotatable bonds is 1. The predicted molar refractivity (Wildman–Crippen MR) is 34.8 cm³/mol. The molecule has 4 heteroatoms. The van der Waals surface area contributed by atoms with Gasteiger partial charge < -0.3 is 14.6 Å². The summed E-state index contributed by atoms with van der Waals surface area (Å²) in [4.78, 5) is 10.5. The first-order chi connectivity index (χ1) is 5.18. The average Bonchev–Trinajstić information content (AvgIpc) is 2.57. The molecule has 1 aliphatic heterocycles. The number of carbonyl (C=O) groups is 1. The normalized spacial score (nSPS) is 46.7. The third kappa shape index (κ3) is 1.12. The van der Waals surface area contributed by atoms with Gasteiger partial charge in [0.15, 0.2) is 0 Å². The molecule has 0 bridgehead atoms. The SMILES string of the molecule is CC(=O)O[C@H]1C[C@@H](O)[C@H]2O[C@H]21. The standard InChI is InChI=1S/C7H10O4/c1-3(8)10-5-2-4(9)6-7(5)11-6/h4-7,9H,2H2,1H3/t4-,5+,6-,7+/m1/s1. The zero-order valence-electron chi connectivity index (χ0n) is 6.19. The first-order valence-electron chi connectivity index (χ1n) is 3.69. The van der Waals surface area contributed by atoms with Crippen LogP contribution in [0.4, 0.5) is 0 Å². The second kappa shape index (κ2) is 2.19. The molecule has 4 atom stereocenters. The Morgan fingerprint density at radius 1 is 1.64 bits per heavy atom. The van der Waals surface area contributed by atoms with Crippen molar-refractivity contribution >= 4 is 5.97 Å². The van der Waals surface area contributed by atoms with Crippen LogP contribution in [0.5, 0.6) is 0 Å². The molecule has 0 unspecified atom stereocenters. The average molecular weight is 158 g/mol. The highest BCUT2D eigenvalue weighted by Gasteiger charge is 2.57. The van der Waals surface area contributed by atoms with Crippen molar-refractivity contribution in [1.82, 2.24) is 0 Å². The van der Waals surface area contributed by atoms with Gasteiger partial charge in [0.1, 0.15) is 18.3 Å². The van der Waals surface area contributed by atoms with Gasteiger partial charge in [0.05, 0.1) is 6.10 Å². The molecule has 0 aromatic carbocycles. The summed E-state index contributed by atoms with van der Waals surface area (Å²) < 4.78 is 9.96. The van der Waals surface area contributed by atoms with Crippen LogP contribution in [0.2, 0.25) is 0 Å². The molecule has 1 saturated heterocycles. The van der Waals surface area contributed by atoms with Crippen molar-refractivity contribution < 1.29 is 19.4 Å². The molecule has 0 amide bonds. The van der Waals surface area contributed by atoms with E-state index in [4.69, 9.17) is 9.47 Å². The van der Waals surface area contributed by atoms with E-state index < -0.39 is 6.10 Å². The van der Waals surface area contributed by atoms with Crippen LogP contribution >= 0.6 is 0 Å². The first kappa shape index (κ1) is 7.06. The topological polar surface area (TPSA) is 59.1 Å². The zero-order chi connectivity index (χ0) is 8.01. The molecule has 0 spiro atoms. The van der Waals surface area contributed by atoms with E-state index in [0.29, 0.717) is 6.42 Å². The van der Waals surface area contributed by atoms with Crippen LogP contribution in [-0.4, -0.2) is 35.5 Å².